The van der Waals surface area contributed by atoms with Crippen molar-refractivity contribution >= 4 is 29.0 Å². The highest BCUT2D eigenvalue weighted by atomic mass is 32.2. The molecule has 0 unspecified atom stereocenters. The Balaban J connectivity index is 1.32. The zero-order valence-corrected chi connectivity index (χ0v) is 16.5. The van der Waals surface area contributed by atoms with Gasteiger partial charge in [-0.1, -0.05) is 24.3 Å². The zero-order valence-electron chi connectivity index (χ0n) is 14.9. The van der Waals surface area contributed by atoms with Gasteiger partial charge in [0.2, 0.25) is 11.8 Å². The fraction of sp³-hybridized carbons (Fsp3) is 0.350. The van der Waals surface area contributed by atoms with E-state index in [4.69, 9.17) is 4.42 Å². The van der Waals surface area contributed by atoms with Crippen molar-refractivity contribution in [2.24, 2.45) is 0 Å². The van der Waals surface area contributed by atoms with Gasteiger partial charge in [0.25, 0.3) is 5.89 Å². The van der Waals surface area contributed by atoms with Crippen LogP contribution in [-0.4, -0.2) is 39.8 Å². The fourth-order valence-electron chi connectivity index (χ4n) is 3.24. The molecule has 0 N–H and O–H groups in total. The molecule has 0 saturated carbocycles. The van der Waals surface area contributed by atoms with Crippen LogP contribution in [0.3, 0.4) is 0 Å². The second kappa shape index (κ2) is 8.71. The predicted octanol–water partition coefficient (Wildman–Crippen LogP) is 4.69. The summed E-state index contributed by atoms with van der Waals surface area (Å²) >= 11 is 3.31. The van der Waals surface area contributed by atoms with Crippen LogP contribution < -0.4 is 0 Å². The third-order valence-electron chi connectivity index (χ3n) is 4.62. The lowest BCUT2D eigenvalue weighted by molar-refractivity contribution is -0.132. The lowest BCUT2D eigenvalue weighted by Gasteiger charge is -2.31. The molecule has 3 heterocycles. The van der Waals surface area contributed by atoms with E-state index in [0.717, 1.165) is 30.0 Å². The number of hydrogen-bond acceptors (Lipinski definition) is 6. The third-order valence-corrected chi connectivity index (χ3v) is 6.50. The molecular weight excluding hydrogens is 378 g/mol. The highest BCUT2D eigenvalue weighted by Crippen LogP contribution is 2.30. The number of rotatable bonds is 6. The number of thioether (sulfide) groups is 1. The van der Waals surface area contributed by atoms with E-state index in [2.05, 4.69) is 22.3 Å². The van der Waals surface area contributed by atoms with E-state index in [-0.39, 0.29) is 11.8 Å². The van der Waals surface area contributed by atoms with Gasteiger partial charge in [0.1, 0.15) is 0 Å². The molecule has 140 valence electrons. The van der Waals surface area contributed by atoms with E-state index in [1.165, 1.54) is 4.90 Å². The van der Waals surface area contributed by atoms with Crippen LogP contribution in [0.25, 0.3) is 10.8 Å². The Bertz CT molecular complexity index is 865. The molecule has 27 heavy (non-hydrogen) atoms. The van der Waals surface area contributed by atoms with Crippen LogP contribution in [0.5, 0.6) is 0 Å². The Labute approximate surface area is 166 Å². The van der Waals surface area contributed by atoms with Crippen LogP contribution in [0.4, 0.5) is 0 Å². The Morgan fingerprint density at radius 3 is 2.93 bits per heavy atom. The lowest BCUT2D eigenvalue weighted by Crippen LogP contribution is -2.39. The first kappa shape index (κ1) is 18.3. The molecule has 0 radical (unpaired) electrons. The van der Waals surface area contributed by atoms with Crippen molar-refractivity contribution in [3.05, 3.63) is 53.7 Å². The molecule has 1 aromatic carbocycles. The number of aromatic nitrogens is 2. The number of piperidine rings is 1. The van der Waals surface area contributed by atoms with Crippen LogP contribution in [0.15, 0.2) is 57.2 Å². The van der Waals surface area contributed by atoms with E-state index in [1.807, 2.05) is 40.6 Å². The van der Waals surface area contributed by atoms with E-state index in [9.17, 15) is 4.79 Å². The summed E-state index contributed by atoms with van der Waals surface area (Å²) in [6.45, 7) is 1.48. The smallest absolute Gasteiger partial charge is 0.257 e. The summed E-state index contributed by atoms with van der Waals surface area (Å²) in [5.41, 5.74) is 0. The van der Waals surface area contributed by atoms with Gasteiger partial charge in [-0.2, -0.15) is 0 Å². The Morgan fingerprint density at radius 2 is 2.11 bits per heavy atom. The van der Waals surface area contributed by atoms with Crippen molar-refractivity contribution in [1.82, 2.24) is 15.1 Å². The standard InChI is InChI=1S/C20H21N3O2S2/c24-18(10-13-26-16-7-2-1-3-8-16)23-11-4-6-15(14-23)19-21-22-20(25-19)17-9-5-12-27-17/h1-3,5,7-9,12,15H,4,6,10-11,13-14H2/t15-/m0/s1. The Morgan fingerprint density at radius 1 is 1.22 bits per heavy atom. The maximum absolute atomic E-state index is 12.6. The minimum absolute atomic E-state index is 0.130. The van der Waals surface area contributed by atoms with E-state index in [0.29, 0.717) is 24.7 Å². The number of hydrogen-bond donors (Lipinski definition) is 0. The predicted molar refractivity (Wildman–Crippen MR) is 108 cm³/mol. The first-order valence-corrected chi connectivity index (χ1v) is 11.0. The van der Waals surface area contributed by atoms with Crippen molar-refractivity contribution in [2.45, 2.75) is 30.1 Å². The largest absolute Gasteiger partial charge is 0.420 e. The number of carbonyl (C=O) groups is 1. The number of thiophene rings is 1. The van der Waals surface area contributed by atoms with Gasteiger partial charge in [-0.15, -0.1) is 33.3 Å². The lowest BCUT2D eigenvalue weighted by atomic mass is 9.98. The van der Waals surface area contributed by atoms with E-state index in [1.54, 1.807) is 23.1 Å². The number of amides is 1. The van der Waals surface area contributed by atoms with E-state index < -0.39 is 0 Å². The fourth-order valence-corrected chi connectivity index (χ4v) is 4.74. The molecule has 0 spiro atoms. The van der Waals surface area contributed by atoms with Crippen LogP contribution in [0.2, 0.25) is 0 Å². The molecule has 1 atom stereocenters. The van der Waals surface area contributed by atoms with Crippen molar-refractivity contribution in [1.29, 1.82) is 0 Å². The minimum atomic E-state index is 0.130. The summed E-state index contributed by atoms with van der Waals surface area (Å²) in [4.78, 5) is 16.7. The molecular formula is C20H21N3O2S2. The van der Waals surface area contributed by atoms with Crippen molar-refractivity contribution in [2.75, 3.05) is 18.8 Å². The maximum atomic E-state index is 12.6. The number of carbonyl (C=O) groups excluding carboxylic acids is 1. The van der Waals surface area contributed by atoms with Crippen molar-refractivity contribution < 1.29 is 9.21 Å². The SMILES string of the molecule is O=C(CCSc1ccccc1)N1CCC[C@H](c2nnc(-c3cccs3)o2)C1. The molecule has 4 rings (SSSR count). The molecule has 0 aliphatic carbocycles. The van der Waals surface area contributed by atoms with E-state index >= 15 is 0 Å². The molecule has 7 heteroatoms. The summed E-state index contributed by atoms with van der Waals surface area (Å²) in [5.74, 6) is 2.36. The summed E-state index contributed by atoms with van der Waals surface area (Å²) in [7, 11) is 0. The van der Waals surface area contributed by atoms with Crippen molar-refractivity contribution in [3.8, 4) is 10.8 Å². The van der Waals surface area contributed by atoms with Gasteiger partial charge in [-0.05, 0) is 36.4 Å². The molecule has 1 aliphatic rings. The van der Waals surface area contributed by atoms with Gasteiger partial charge in [0.05, 0.1) is 10.8 Å². The van der Waals surface area contributed by atoms with Crippen LogP contribution >= 0.6 is 23.1 Å². The third kappa shape index (κ3) is 4.59. The topological polar surface area (TPSA) is 59.2 Å². The molecule has 5 nitrogen and oxygen atoms in total. The molecule has 1 aliphatic heterocycles. The molecule has 1 amide bonds. The second-order valence-electron chi connectivity index (χ2n) is 6.51. The van der Waals surface area contributed by atoms with Gasteiger partial charge in [-0.3, -0.25) is 4.79 Å². The summed E-state index contributed by atoms with van der Waals surface area (Å²) in [5, 5.41) is 10.4. The average Bonchev–Trinajstić information content (AvgIpc) is 3.40. The second-order valence-corrected chi connectivity index (χ2v) is 8.63. The average molecular weight is 400 g/mol. The highest BCUT2D eigenvalue weighted by molar-refractivity contribution is 7.99. The first-order chi connectivity index (χ1) is 13.3. The summed E-state index contributed by atoms with van der Waals surface area (Å²) < 4.78 is 5.88. The molecule has 3 aromatic rings. The van der Waals surface area contributed by atoms with Gasteiger partial charge >= 0.3 is 0 Å². The normalized spacial score (nSPS) is 17.2. The van der Waals surface area contributed by atoms with Crippen LogP contribution in [-0.2, 0) is 4.79 Å². The molecule has 1 fully saturated rings. The van der Waals surface area contributed by atoms with Crippen LogP contribution in [0, 0.1) is 0 Å². The number of benzene rings is 1. The van der Waals surface area contributed by atoms with Crippen LogP contribution in [0.1, 0.15) is 31.1 Å². The first-order valence-electron chi connectivity index (χ1n) is 9.12. The number of nitrogens with zero attached hydrogens (tertiary/aromatic N) is 3. The summed E-state index contributed by atoms with van der Waals surface area (Å²) in [6.07, 6.45) is 2.50. The Kier molecular flexibility index (Phi) is 5.89. The molecule has 0 bridgehead atoms. The van der Waals surface area contributed by atoms with Gasteiger partial charge in [-0.25, -0.2) is 0 Å². The monoisotopic (exact) mass is 399 g/mol. The molecule has 2 aromatic heterocycles. The Hall–Kier alpha value is -2.12. The van der Waals surface area contributed by atoms with Gasteiger partial charge < -0.3 is 9.32 Å². The van der Waals surface area contributed by atoms with Gasteiger partial charge in [0.15, 0.2) is 0 Å². The molecule has 1 saturated heterocycles. The summed E-state index contributed by atoms with van der Waals surface area (Å²) in [6, 6.07) is 14.1. The minimum Gasteiger partial charge on any atom is -0.420 e. The van der Waals surface area contributed by atoms with Gasteiger partial charge in [0, 0.05) is 30.2 Å². The zero-order chi connectivity index (χ0) is 18.5. The highest BCUT2D eigenvalue weighted by Gasteiger charge is 2.28. The van der Waals surface area contributed by atoms with Crippen molar-refractivity contribution in [3.63, 3.8) is 0 Å². The quantitative estimate of drug-likeness (QED) is 0.563. The number of likely N-dealkylation sites (tertiary alicyclic amines) is 1. The maximum Gasteiger partial charge on any atom is 0.257 e.